The number of aromatic nitrogens is 2. The molecule has 0 bridgehead atoms. The molecule has 5 heteroatoms. The van der Waals surface area contributed by atoms with E-state index in [1.165, 1.54) is 12.1 Å². The molecule has 0 aliphatic heterocycles. The Morgan fingerprint density at radius 3 is 2.65 bits per heavy atom. The van der Waals surface area contributed by atoms with Gasteiger partial charge in [-0.3, -0.25) is 0 Å². The Balaban J connectivity index is 2.24. The summed E-state index contributed by atoms with van der Waals surface area (Å²) in [5, 5.41) is 1.29. The van der Waals surface area contributed by atoms with Gasteiger partial charge in [-0.1, -0.05) is 11.6 Å². The lowest BCUT2D eigenvalue weighted by molar-refractivity contribution is 0.627. The van der Waals surface area contributed by atoms with Crippen LogP contribution in [0.4, 0.5) is 10.2 Å². The first-order chi connectivity index (χ1) is 9.54. The van der Waals surface area contributed by atoms with Crippen LogP contribution in [-0.2, 0) is 0 Å². The number of nitrogen functional groups attached to an aromatic ring is 1. The number of hydrogen-bond donors (Lipinski definition) is 1. The van der Waals surface area contributed by atoms with Crippen molar-refractivity contribution >= 4 is 28.3 Å². The second-order valence-corrected chi connectivity index (χ2v) is 4.99. The first-order valence-corrected chi connectivity index (χ1v) is 6.42. The Kier molecular flexibility index (Phi) is 3.03. The van der Waals surface area contributed by atoms with Gasteiger partial charge in [0, 0.05) is 16.0 Å². The maximum Gasteiger partial charge on any atom is 0.162 e. The Labute approximate surface area is 120 Å². The number of rotatable bonds is 1. The third-order valence-corrected chi connectivity index (χ3v) is 3.35. The minimum atomic E-state index is -0.285. The van der Waals surface area contributed by atoms with Crippen LogP contribution in [0.3, 0.4) is 0 Å². The number of nitrogens with two attached hydrogens (primary N) is 1. The van der Waals surface area contributed by atoms with Crippen molar-refractivity contribution in [3.05, 3.63) is 52.8 Å². The largest absolute Gasteiger partial charge is 0.383 e. The number of anilines is 1. The smallest absolute Gasteiger partial charge is 0.162 e. The van der Waals surface area contributed by atoms with Gasteiger partial charge in [0.25, 0.3) is 0 Å². The lowest BCUT2D eigenvalue weighted by Gasteiger charge is -2.08. The summed E-state index contributed by atoms with van der Waals surface area (Å²) in [5.41, 5.74) is 8.19. The molecule has 0 saturated carbocycles. The first-order valence-electron chi connectivity index (χ1n) is 6.04. The van der Waals surface area contributed by atoms with Gasteiger partial charge in [0.1, 0.15) is 11.6 Å². The molecule has 0 aliphatic carbocycles. The van der Waals surface area contributed by atoms with Gasteiger partial charge >= 0.3 is 0 Å². The van der Waals surface area contributed by atoms with Crippen LogP contribution in [-0.4, -0.2) is 9.97 Å². The van der Waals surface area contributed by atoms with Crippen molar-refractivity contribution < 1.29 is 4.39 Å². The van der Waals surface area contributed by atoms with Gasteiger partial charge in [0.2, 0.25) is 0 Å². The van der Waals surface area contributed by atoms with Gasteiger partial charge in [-0.05, 0) is 48.9 Å². The molecule has 0 spiro atoms. The lowest BCUT2D eigenvalue weighted by atomic mass is 10.1. The van der Waals surface area contributed by atoms with Gasteiger partial charge in [-0.15, -0.1) is 0 Å². The summed E-state index contributed by atoms with van der Waals surface area (Å²) in [4.78, 5) is 8.75. The molecular formula is C15H11ClFN3. The van der Waals surface area contributed by atoms with Crippen molar-refractivity contribution in [2.45, 2.75) is 6.92 Å². The first kappa shape index (κ1) is 12.8. The molecule has 3 nitrogen and oxygen atoms in total. The zero-order valence-corrected chi connectivity index (χ0v) is 11.4. The fraction of sp³-hybridized carbons (Fsp3) is 0.0667. The summed E-state index contributed by atoms with van der Waals surface area (Å²) in [7, 11) is 0. The maximum atomic E-state index is 13.2. The third-order valence-electron chi connectivity index (χ3n) is 3.12. The highest BCUT2D eigenvalue weighted by atomic mass is 35.5. The lowest BCUT2D eigenvalue weighted by Crippen LogP contribution is -1.99. The summed E-state index contributed by atoms with van der Waals surface area (Å²) in [6.45, 7) is 1.81. The Bertz CT molecular complexity index is 818. The van der Waals surface area contributed by atoms with Crippen LogP contribution < -0.4 is 5.73 Å². The molecule has 1 aromatic heterocycles. The topological polar surface area (TPSA) is 51.8 Å². The van der Waals surface area contributed by atoms with Gasteiger partial charge in [-0.2, -0.15) is 0 Å². The van der Waals surface area contributed by atoms with Gasteiger partial charge in [0.15, 0.2) is 5.82 Å². The van der Waals surface area contributed by atoms with E-state index < -0.39 is 0 Å². The van der Waals surface area contributed by atoms with Gasteiger partial charge in [-0.25, -0.2) is 14.4 Å². The Morgan fingerprint density at radius 2 is 1.90 bits per heavy atom. The highest BCUT2D eigenvalue weighted by Crippen LogP contribution is 2.27. The zero-order chi connectivity index (χ0) is 14.3. The molecule has 3 rings (SSSR count). The summed E-state index contributed by atoms with van der Waals surface area (Å²) >= 11 is 5.94. The van der Waals surface area contributed by atoms with E-state index in [9.17, 15) is 4.39 Å². The fourth-order valence-corrected chi connectivity index (χ4v) is 2.29. The van der Waals surface area contributed by atoms with Crippen LogP contribution in [0.15, 0.2) is 36.4 Å². The van der Waals surface area contributed by atoms with E-state index >= 15 is 0 Å². The second kappa shape index (κ2) is 4.72. The molecular weight excluding hydrogens is 277 g/mol. The summed E-state index contributed by atoms with van der Waals surface area (Å²) < 4.78 is 13.2. The standard InChI is InChI=1S/C15H11ClFN3/c1-8-6-10(17)3-4-11(8)15-19-13-5-2-9(16)7-12(13)14(18)20-15/h2-7H,1H3,(H2,18,19,20). The van der Waals surface area contributed by atoms with E-state index in [0.717, 1.165) is 11.1 Å². The molecule has 3 aromatic rings. The molecule has 0 amide bonds. The summed E-state index contributed by atoms with van der Waals surface area (Å²) in [6.07, 6.45) is 0. The van der Waals surface area contributed by atoms with Crippen molar-refractivity contribution in [3.8, 4) is 11.4 Å². The van der Waals surface area contributed by atoms with Crippen molar-refractivity contribution in [3.63, 3.8) is 0 Å². The van der Waals surface area contributed by atoms with Gasteiger partial charge < -0.3 is 5.73 Å². The fourth-order valence-electron chi connectivity index (χ4n) is 2.12. The number of halogens is 2. The normalized spacial score (nSPS) is 10.9. The number of aryl methyl sites for hydroxylation is 1. The van der Waals surface area contributed by atoms with Crippen molar-refractivity contribution in [2.75, 3.05) is 5.73 Å². The number of fused-ring (bicyclic) bond motifs is 1. The maximum absolute atomic E-state index is 13.2. The summed E-state index contributed by atoms with van der Waals surface area (Å²) in [6, 6.07) is 9.75. The van der Waals surface area contributed by atoms with E-state index in [4.69, 9.17) is 17.3 Å². The van der Waals surface area contributed by atoms with Crippen LogP contribution in [0.2, 0.25) is 5.02 Å². The number of nitrogens with zero attached hydrogens (tertiary/aromatic N) is 2. The molecule has 0 atom stereocenters. The van der Waals surface area contributed by atoms with E-state index in [0.29, 0.717) is 27.6 Å². The van der Waals surface area contributed by atoms with Crippen LogP contribution in [0.5, 0.6) is 0 Å². The molecule has 2 N–H and O–H groups in total. The molecule has 20 heavy (non-hydrogen) atoms. The Hall–Kier alpha value is -2.20. The van der Waals surface area contributed by atoms with Crippen LogP contribution in [0, 0.1) is 12.7 Å². The van der Waals surface area contributed by atoms with Crippen molar-refractivity contribution in [1.29, 1.82) is 0 Å². The minimum Gasteiger partial charge on any atom is -0.383 e. The monoisotopic (exact) mass is 287 g/mol. The second-order valence-electron chi connectivity index (χ2n) is 4.55. The van der Waals surface area contributed by atoms with E-state index in [-0.39, 0.29) is 5.82 Å². The molecule has 0 saturated heterocycles. The highest BCUT2D eigenvalue weighted by molar-refractivity contribution is 6.31. The third kappa shape index (κ3) is 2.18. The van der Waals surface area contributed by atoms with E-state index in [2.05, 4.69) is 9.97 Å². The molecule has 0 unspecified atom stereocenters. The average Bonchev–Trinajstić information content (AvgIpc) is 2.39. The average molecular weight is 288 g/mol. The van der Waals surface area contributed by atoms with Crippen molar-refractivity contribution in [1.82, 2.24) is 9.97 Å². The van der Waals surface area contributed by atoms with Crippen LogP contribution in [0.1, 0.15) is 5.56 Å². The van der Waals surface area contributed by atoms with E-state index in [1.807, 2.05) is 6.92 Å². The predicted molar refractivity (Wildman–Crippen MR) is 79.1 cm³/mol. The van der Waals surface area contributed by atoms with Crippen molar-refractivity contribution in [2.24, 2.45) is 0 Å². The molecule has 2 aromatic carbocycles. The zero-order valence-electron chi connectivity index (χ0n) is 10.7. The molecule has 0 radical (unpaired) electrons. The molecule has 100 valence electrons. The van der Waals surface area contributed by atoms with Crippen LogP contribution in [0.25, 0.3) is 22.3 Å². The molecule has 1 heterocycles. The quantitative estimate of drug-likeness (QED) is 0.736. The van der Waals surface area contributed by atoms with Crippen LogP contribution >= 0.6 is 11.6 Å². The number of benzene rings is 2. The number of hydrogen-bond acceptors (Lipinski definition) is 3. The SMILES string of the molecule is Cc1cc(F)ccc1-c1nc(N)c2cc(Cl)ccc2n1. The predicted octanol–water partition coefficient (Wildman–Crippen LogP) is 3.98. The minimum absolute atomic E-state index is 0.285. The Morgan fingerprint density at radius 1 is 1.10 bits per heavy atom. The molecule has 0 aliphatic rings. The van der Waals surface area contributed by atoms with E-state index in [1.54, 1.807) is 24.3 Å². The highest BCUT2D eigenvalue weighted by Gasteiger charge is 2.10. The summed E-state index contributed by atoms with van der Waals surface area (Å²) in [5.74, 6) is 0.554. The molecule has 0 fully saturated rings. The van der Waals surface area contributed by atoms with Gasteiger partial charge in [0.05, 0.1) is 5.52 Å².